The van der Waals surface area contributed by atoms with Crippen LogP contribution in [0.4, 0.5) is 4.79 Å². The third-order valence-electron chi connectivity index (χ3n) is 5.36. The number of alkyl carbamates (subject to hydrolysis) is 1. The van der Waals surface area contributed by atoms with Crippen molar-refractivity contribution in [1.82, 2.24) is 15.2 Å². The van der Waals surface area contributed by atoms with Gasteiger partial charge in [0.25, 0.3) is 0 Å². The lowest BCUT2D eigenvalue weighted by atomic mass is 10.2. The Morgan fingerprint density at radius 3 is 2.77 bits per heavy atom. The molecule has 1 aliphatic rings. The van der Waals surface area contributed by atoms with E-state index >= 15 is 0 Å². The van der Waals surface area contributed by atoms with Crippen molar-refractivity contribution in [3.05, 3.63) is 17.1 Å². The van der Waals surface area contributed by atoms with E-state index in [0.29, 0.717) is 31.3 Å². The van der Waals surface area contributed by atoms with Gasteiger partial charge >= 0.3 is 6.09 Å². The second-order valence-electron chi connectivity index (χ2n) is 9.61. The van der Waals surface area contributed by atoms with Gasteiger partial charge in [-0.3, -0.25) is 0 Å². The Morgan fingerprint density at radius 1 is 1.23 bits per heavy atom. The van der Waals surface area contributed by atoms with Crippen LogP contribution in [-0.2, 0) is 20.8 Å². The van der Waals surface area contributed by atoms with Crippen molar-refractivity contribution in [2.45, 2.75) is 64.9 Å². The zero-order valence-corrected chi connectivity index (χ0v) is 22.4. The van der Waals surface area contributed by atoms with E-state index in [1.807, 2.05) is 32.9 Å². The fourth-order valence-electron chi connectivity index (χ4n) is 3.60. The molecule has 9 nitrogen and oxygen atoms in total. The van der Waals surface area contributed by atoms with Crippen LogP contribution in [0.15, 0.2) is 12.1 Å². The summed E-state index contributed by atoms with van der Waals surface area (Å²) in [6.07, 6.45) is 3.67. The molecule has 1 fully saturated rings. The molecule has 0 aliphatic carbocycles. The average Bonchev–Trinajstić information content (AvgIpc) is 3.21. The van der Waals surface area contributed by atoms with Crippen LogP contribution in [0.5, 0.6) is 11.5 Å². The normalized spacial score (nSPS) is 16.5. The molecule has 196 valence electrons. The highest BCUT2D eigenvalue weighted by Crippen LogP contribution is 2.35. The number of thiazole rings is 1. The lowest BCUT2D eigenvalue weighted by molar-refractivity contribution is -0.163. The molecule has 10 heteroatoms. The van der Waals surface area contributed by atoms with Crippen LogP contribution in [0.1, 0.15) is 51.5 Å². The van der Waals surface area contributed by atoms with Crippen molar-refractivity contribution in [1.29, 1.82) is 0 Å². The maximum absolute atomic E-state index is 11.9. The minimum Gasteiger partial charge on any atom is -0.493 e. The van der Waals surface area contributed by atoms with Gasteiger partial charge in [-0.2, -0.15) is 0 Å². The number of benzene rings is 1. The van der Waals surface area contributed by atoms with Gasteiger partial charge in [-0.1, -0.05) is 0 Å². The Bertz CT molecular complexity index is 939. The summed E-state index contributed by atoms with van der Waals surface area (Å²) in [6, 6.07) is 3.82. The van der Waals surface area contributed by atoms with Gasteiger partial charge in [0.2, 0.25) is 0 Å². The molecule has 1 unspecified atom stereocenters. The van der Waals surface area contributed by atoms with Crippen LogP contribution in [0.3, 0.4) is 0 Å². The van der Waals surface area contributed by atoms with Crippen LogP contribution < -0.4 is 14.8 Å². The van der Waals surface area contributed by atoms with Gasteiger partial charge in [0.15, 0.2) is 17.8 Å². The van der Waals surface area contributed by atoms with E-state index in [2.05, 4.69) is 22.2 Å². The van der Waals surface area contributed by atoms with Gasteiger partial charge < -0.3 is 33.9 Å². The molecule has 1 amide bonds. The topological polar surface area (TPSA) is 91.4 Å². The van der Waals surface area contributed by atoms with Gasteiger partial charge in [0, 0.05) is 31.8 Å². The number of rotatable bonds is 12. The first-order valence-electron chi connectivity index (χ1n) is 12.2. The van der Waals surface area contributed by atoms with Crippen molar-refractivity contribution in [2.24, 2.45) is 0 Å². The lowest BCUT2D eigenvalue weighted by Crippen LogP contribution is -2.32. The summed E-state index contributed by atoms with van der Waals surface area (Å²) in [7, 11) is 3.71. The largest absolute Gasteiger partial charge is 0.493 e. The van der Waals surface area contributed by atoms with E-state index in [9.17, 15) is 4.79 Å². The first-order chi connectivity index (χ1) is 16.7. The number of hydrogen-bond acceptors (Lipinski definition) is 9. The molecule has 1 saturated heterocycles. The highest BCUT2D eigenvalue weighted by atomic mass is 32.1. The van der Waals surface area contributed by atoms with Crippen LogP contribution in [0.2, 0.25) is 0 Å². The Hall–Kier alpha value is -2.14. The number of hydrogen-bond donors (Lipinski definition) is 1. The molecule has 1 N–H and O–H groups in total. The molecule has 0 bridgehead atoms. The number of methoxy groups -OCH3 is 1. The molecular formula is C25H39N3O6S. The molecular weight excluding hydrogens is 470 g/mol. The number of carbonyl (C=O) groups is 1. The maximum Gasteiger partial charge on any atom is 0.408 e. The highest BCUT2D eigenvalue weighted by molar-refractivity contribution is 7.18. The number of carbonyl (C=O) groups excluding carboxylic acids is 1. The highest BCUT2D eigenvalue weighted by Gasteiger charge is 2.17. The Labute approximate surface area is 212 Å². The van der Waals surface area contributed by atoms with Crippen LogP contribution in [0.25, 0.3) is 10.2 Å². The van der Waals surface area contributed by atoms with Crippen LogP contribution >= 0.6 is 11.3 Å². The number of fused-ring (bicyclic) bond motifs is 1. The molecule has 0 saturated carbocycles. The van der Waals surface area contributed by atoms with Gasteiger partial charge in [-0.05, 0) is 53.5 Å². The van der Waals surface area contributed by atoms with E-state index in [-0.39, 0.29) is 6.29 Å². The fourth-order valence-corrected chi connectivity index (χ4v) is 4.52. The summed E-state index contributed by atoms with van der Waals surface area (Å²) >= 11 is 1.50. The summed E-state index contributed by atoms with van der Waals surface area (Å²) in [5.41, 5.74) is 0.273. The molecule has 2 heterocycles. The summed E-state index contributed by atoms with van der Waals surface area (Å²) < 4.78 is 29.2. The number of ether oxygens (including phenoxy) is 5. The van der Waals surface area contributed by atoms with Gasteiger partial charge in [-0.15, -0.1) is 11.3 Å². The van der Waals surface area contributed by atoms with Crippen molar-refractivity contribution in [3.8, 4) is 11.5 Å². The third kappa shape index (κ3) is 9.44. The molecule has 1 atom stereocenters. The number of amides is 1. The molecule has 1 aromatic carbocycles. The number of nitrogens with zero attached hydrogens (tertiary/aromatic N) is 2. The van der Waals surface area contributed by atoms with E-state index in [4.69, 9.17) is 23.7 Å². The lowest BCUT2D eigenvalue weighted by Gasteiger charge is -2.24. The van der Waals surface area contributed by atoms with E-state index < -0.39 is 11.7 Å². The Balaban J connectivity index is 1.43. The monoisotopic (exact) mass is 509 g/mol. The smallest absolute Gasteiger partial charge is 0.408 e. The maximum atomic E-state index is 11.9. The average molecular weight is 510 g/mol. The predicted molar refractivity (Wildman–Crippen MR) is 136 cm³/mol. The van der Waals surface area contributed by atoms with Crippen LogP contribution in [0, 0.1) is 0 Å². The van der Waals surface area contributed by atoms with Crippen LogP contribution in [-0.4, -0.2) is 74.9 Å². The first kappa shape index (κ1) is 27.4. The molecule has 1 aromatic heterocycles. The first-order valence-corrected chi connectivity index (χ1v) is 13.0. The molecule has 1 aliphatic heterocycles. The molecule has 35 heavy (non-hydrogen) atoms. The number of likely N-dealkylation sites (N-methyl/N-ethyl adjacent to an activating group) is 1. The molecule has 3 rings (SSSR count). The standard InChI is InChI=1S/C25H39N3O6S/c1-25(2,3)34-24(29)26-17-22-27-18-15-20(19(30-5)16-21(18)35-22)31-13-8-10-28(4)11-14-33-23-9-6-7-12-32-23/h15-16,23H,6-14,17H2,1-5H3,(H,26,29). The summed E-state index contributed by atoms with van der Waals surface area (Å²) in [5.74, 6) is 1.33. The van der Waals surface area contributed by atoms with E-state index in [0.717, 1.165) is 54.2 Å². The Morgan fingerprint density at radius 2 is 2.06 bits per heavy atom. The van der Waals surface area contributed by atoms with Gasteiger partial charge in [0.05, 0.1) is 37.1 Å². The number of aromatic nitrogens is 1. The second kappa shape index (κ2) is 13.2. The van der Waals surface area contributed by atoms with Gasteiger partial charge in [0.1, 0.15) is 10.6 Å². The molecule has 0 spiro atoms. The molecule has 0 radical (unpaired) electrons. The third-order valence-corrected chi connectivity index (χ3v) is 6.38. The summed E-state index contributed by atoms with van der Waals surface area (Å²) in [6.45, 7) is 9.59. The SMILES string of the molecule is COc1cc2sc(CNC(=O)OC(C)(C)C)nc2cc1OCCCN(C)CCOC1CCCCO1. The summed E-state index contributed by atoms with van der Waals surface area (Å²) in [4.78, 5) is 18.8. The van der Waals surface area contributed by atoms with E-state index in [1.165, 1.54) is 17.8 Å². The second-order valence-corrected chi connectivity index (χ2v) is 10.7. The zero-order chi connectivity index (χ0) is 25.3. The minimum absolute atomic E-state index is 0.0396. The minimum atomic E-state index is -0.538. The number of nitrogens with one attached hydrogen (secondary N) is 1. The van der Waals surface area contributed by atoms with E-state index in [1.54, 1.807) is 7.11 Å². The summed E-state index contributed by atoms with van der Waals surface area (Å²) in [5, 5.41) is 3.53. The predicted octanol–water partition coefficient (Wildman–Crippen LogP) is 4.57. The fraction of sp³-hybridized carbons (Fsp3) is 0.680. The Kier molecular flexibility index (Phi) is 10.4. The van der Waals surface area contributed by atoms with Crippen molar-refractivity contribution >= 4 is 27.6 Å². The van der Waals surface area contributed by atoms with Gasteiger partial charge in [-0.25, -0.2) is 9.78 Å². The zero-order valence-electron chi connectivity index (χ0n) is 21.6. The van der Waals surface area contributed by atoms with Crippen molar-refractivity contribution in [3.63, 3.8) is 0 Å². The van der Waals surface area contributed by atoms with Crippen molar-refractivity contribution in [2.75, 3.05) is 47.1 Å². The quantitative estimate of drug-likeness (QED) is 0.416. The molecule has 2 aromatic rings. The van der Waals surface area contributed by atoms with Crippen molar-refractivity contribution < 1.29 is 28.5 Å².